The van der Waals surface area contributed by atoms with Gasteiger partial charge in [-0.3, -0.25) is 9.78 Å². The van der Waals surface area contributed by atoms with Crippen LogP contribution < -0.4 is 4.90 Å². The zero-order valence-corrected chi connectivity index (χ0v) is 10.7. The quantitative estimate of drug-likeness (QED) is 0.730. The summed E-state index contributed by atoms with van der Waals surface area (Å²) in [7, 11) is 0. The van der Waals surface area contributed by atoms with Gasteiger partial charge in [-0.1, -0.05) is 31.0 Å². The normalized spacial score (nSPS) is 26.1. The van der Waals surface area contributed by atoms with Crippen molar-refractivity contribution in [2.45, 2.75) is 31.7 Å². The van der Waals surface area contributed by atoms with Crippen molar-refractivity contribution in [2.75, 3.05) is 4.90 Å². The molecule has 0 bridgehead atoms. The minimum atomic E-state index is 0.271. The van der Waals surface area contributed by atoms with Crippen LogP contribution in [-0.4, -0.2) is 16.9 Å². The molecule has 1 aliphatic heterocycles. The maximum atomic E-state index is 12.3. The molecule has 2 aromatic rings. The van der Waals surface area contributed by atoms with Crippen molar-refractivity contribution < 1.29 is 4.79 Å². The summed E-state index contributed by atoms with van der Waals surface area (Å²) in [5, 5.41) is 1.10. The summed E-state index contributed by atoms with van der Waals surface area (Å²) in [6, 6.07) is 10.5. The topological polar surface area (TPSA) is 33.2 Å². The second kappa shape index (κ2) is 4.05. The summed E-state index contributed by atoms with van der Waals surface area (Å²) in [6.45, 7) is 0. The van der Waals surface area contributed by atoms with Gasteiger partial charge in [0.2, 0.25) is 5.91 Å². The van der Waals surface area contributed by atoms with Crippen LogP contribution in [0.15, 0.2) is 36.5 Å². The van der Waals surface area contributed by atoms with E-state index in [1.807, 2.05) is 23.1 Å². The van der Waals surface area contributed by atoms with E-state index in [1.54, 1.807) is 6.20 Å². The number of hydrogen-bond donors (Lipinski definition) is 0. The molecule has 1 aliphatic carbocycles. The first kappa shape index (κ1) is 11.0. The number of rotatable bonds is 1. The number of benzene rings is 1. The lowest BCUT2D eigenvalue weighted by atomic mass is 9.75. The lowest BCUT2D eigenvalue weighted by Gasteiger charge is -2.49. The van der Waals surface area contributed by atoms with Gasteiger partial charge in [0.05, 0.1) is 17.1 Å². The van der Waals surface area contributed by atoms with Gasteiger partial charge in [0.15, 0.2) is 0 Å². The van der Waals surface area contributed by atoms with E-state index >= 15 is 0 Å². The smallest absolute Gasteiger partial charge is 0.232 e. The van der Waals surface area contributed by atoms with E-state index in [9.17, 15) is 4.79 Å². The Morgan fingerprint density at radius 1 is 1.11 bits per heavy atom. The van der Waals surface area contributed by atoms with Gasteiger partial charge in [-0.15, -0.1) is 0 Å². The first-order valence-electron chi connectivity index (χ1n) is 7.03. The summed E-state index contributed by atoms with van der Waals surface area (Å²) < 4.78 is 0. The molecule has 0 spiro atoms. The third-order valence-electron chi connectivity index (χ3n) is 4.49. The van der Waals surface area contributed by atoms with Crippen molar-refractivity contribution in [3.63, 3.8) is 0 Å². The number of carbonyl (C=O) groups is 1. The molecule has 2 aliphatic rings. The molecule has 4 rings (SSSR count). The van der Waals surface area contributed by atoms with E-state index < -0.39 is 0 Å². The van der Waals surface area contributed by atoms with Gasteiger partial charge in [-0.25, -0.2) is 0 Å². The van der Waals surface area contributed by atoms with Gasteiger partial charge in [0.1, 0.15) is 0 Å². The van der Waals surface area contributed by atoms with Crippen molar-refractivity contribution in [1.29, 1.82) is 0 Å². The number of amides is 1. The fourth-order valence-electron chi connectivity index (χ4n) is 3.55. The largest absolute Gasteiger partial charge is 0.306 e. The van der Waals surface area contributed by atoms with Crippen molar-refractivity contribution in [3.8, 4) is 0 Å². The standard InChI is InChI=1S/C16H16N2O/c19-16-12-7-1-2-8-13(12)18(16)14-9-3-5-11-6-4-10-17-15(11)14/h3-6,9-10,12-13H,1-2,7-8H2/t12-,13+/m1/s1. The highest BCUT2D eigenvalue weighted by Crippen LogP contribution is 2.42. The van der Waals surface area contributed by atoms with Crippen LogP contribution in [0.5, 0.6) is 0 Å². The fourth-order valence-corrected chi connectivity index (χ4v) is 3.55. The minimum Gasteiger partial charge on any atom is -0.306 e. The molecule has 96 valence electrons. The number of fused-ring (bicyclic) bond motifs is 2. The van der Waals surface area contributed by atoms with Gasteiger partial charge < -0.3 is 4.90 Å². The Morgan fingerprint density at radius 3 is 2.89 bits per heavy atom. The maximum absolute atomic E-state index is 12.3. The molecule has 3 heteroatoms. The highest BCUT2D eigenvalue weighted by molar-refractivity contribution is 6.08. The fraction of sp³-hybridized carbons (Fsp3) is 0.375. The van der Waals surface area contributed by atoms with Crippen LogP contribution in [0.25, 0.3) is 10.9 Å². The molecule has 2 atom stereocenters. The number of para-hydroxylation sites is 1. The molecule has 3 nitrogen and oxygen atoms in total. The number of pyridine rings is 1. The number of anilines is 1. The second-order valence-corrected chi connectivity index (χ2v) is 5.52. The number of aromatic nitrogens is 1. The van der Waals surface area contributed by atoms with E-state index in [-0.39, 0.29) is 5.92 Å². The van der Waals surface area contributed by atoms with E-state index in [2.05, 4.69) is 17.1 Å². The lowest BCUT2D eigenvalue weighted by molar-refractivity contribution is -0.131. The van der Waals surface area contributed by atoms with Crippen LogP contribution in [0, 0.1) is 5.92 Å². The average Bonchev–Trinajstić information content (AvgIpc) is 2.47. The van der Waals surface area contributed by atoms with Gasteiger partial charge >= 0.3 is 0 Å². The monoisotopic (exact) mass is 252 g/mol. The summed E-state index contributed by atoms with van der Waals surface area (Å²) >= 11 is 0. The Hall–Kier alpha value is -1.90. The van der Waals surface area contributed by atoms with Crippen molar-refractivity contribution in [3.05, 3.63) is 36.5 Å². The molecule has 0 radical (unpaired) electrons. The third kappa shape index (κ3) is 1.51. The summed E-state index contributed by atoms with van der Waals surface area (Å²) in [4.78, 5) is 18.8. The molecule has 0 unspecified atom stereocenters. The Morgan fingerprint density at radius 2 is 1.95 bits per heavy atom. The SMILES string of the molecule is O=C1[C@@H]2CCCC[C@@H]2N1c1cccc2cccnc12. The molecule has 1 saturated carbocycles. The van der Waals surface area contributed by atoms with Crippen LogP contribution in [0.2, 0.25) is 0 Å². The lowest BCUT2D eigenvalue weighted by Crippen LogP contribution is -2.62. The Kier molecular flexibility index (Phi) is 2.34. The predicted molar refractivity (Wildman–Crippen MR) is 75.0 cm³/mol. The summed E-state index contributed by atoms with van der Waals surface area (Å²) in [5.74, 6) is 0.565. The molecular weight excluding hydrogens is 236 g/mol. The van der Waals surface area contributed by atoms with Crippen molar-refractivity contribution >= 4 is 22.5 Å². The van der Waals surface area contributed by atoms with E-state index in [0.717, 1.165) is 29.4 Å². The van der Waals surface area contributed by atoms with Crippen LogP contribution in [0.1, 0.15) is 25.7 Å². The Labute approximate surface area is 112 Å². The number of β-lactam (4-membered cyclic amide) rings is 1. The molecule has 0 N–H and O–H groups in total. The zero-order valence-electron chi connectivity index (χ0n) is 10.7. The number of hydrogen-bond acceptors (Lipinski definition) is 2. The first-order chi connectivity index (χ1) is 9.36. The molecule has 1 saturated heterocycles. The molecule has 1 amide bonds. The summed E-state index contributed by atoms with van der Waals surface area (Å²) in [5.41, 5.74) is 1.94. The van der Waals surface area contributed by atoms with E-state index in [0.29, 0.717) is 11.9 Å². The Balaban J connectivity index is 1.81. The molecule has 1 aromatic carbocycles. The molecule has 19 heavy (non-hydrogen) atoms. The van der Waals surface area contributed by atoms with Gasteiger partial charge in [-0.05, 0) is 25.0 Å². The highest BCUT2D eigenvalue weighted by Gasteiger charge is 2.48. The number of carbonyl (C=O) groups excluding carboxylic acids is 1. The minimum absolute atomic E-state index is 0.271. The molecule has 2 heterocycles. The maximum Gasteiger partial charge on any atom is 0.232 e. The van der Waals surface area contributed by atoms with E-state index in [4.69, 9.17) is 0 Å². The van der Waals surface area contributed by atoms with Crippen LogP contribution >= 0.6 is 0 Å². The van der Waals surface area contributed by atoms with Crippen molar-refractivity contribution in [2.24, 2.45) is 5.92 Å². The third-order valence-corrected chi connectivity index (χ3v) is 4.49. The summed E-state index contributed by atoms with van der Waals surface area (Å²) in [6.07, 6.45) is 6.45. The first-order valence-corrected chi connectivity index (χ1v) is 7.03. The predicted octanol–water partition coefficient (Wildman–Crippen LogP) is 3.14. The average molecular weight is 252 g/mol. The second-order valence-electron chi connectivity index (χ2n) is 5.52. The van der Waals surface area contributed by atoms with Crippen LogP contribution in [0.3, 0.4) is 0 Å². The molecule has 2 fully saturated rings. The van der Waals surface area contributed by atoms with Crippen LogP contribution in [-0.2, 0) is 4.79 Å². The van der Waals surface area contributed by atoms with E-state index in [1.165, 1.54) is 12.8 Å². The molecule has 1 aromatic heterocycles. The molecular formula is C16H16N2O. The Bertz CT molecular complexity index is 647. The van der Waals surface area contributed by atoms with Gasteiger partial charge in [-0.2, -0.15) is 0 Å². The number of nitrogens with zero attached hydrogens (tertiary/aromatic N) is 2. The highest BCUT2D eigenvalue weighted by atomic mass is 16.2. The van der Waals surface area contributed by atoms with Crippen LogP contribution in [0.4, 0.5) is 5.69 Å². The van der Waals surface area contributed by atoms with Gasteiger partial charge in [0, 0.05) is 17.6 Å². The van der Waals surface area contributed by atoms with Gasteiger partial charge in [0.25, 0.3) is 0 Å². The van der Waals surface area contributed by atoms with Crippen molar-refractivity contribution in [1.82, 2.24) is 4.98 Å². The zero-order chi connectivity index (χ0) is 12.8.